The van der Waals surface area contributed by atoms with Crippen LogP contribution in [0.3, 0.4) is 0 Å². The molecule has 2 amide bonds. The van der Waals surface area contributed by atoms with Gasteiger partial charge in [-0.3, -0.25) is 19.4 Å². The average Bonchev–Trinajstić information content (AvgIpc) is 3.33. The van der Waals surface area contributed by atoms with E-state index in [4.69, 9.17) is 4.98 Å². The van der Waals surface area contributed by atoms with Crippen molar-refractivity contribution in [1.29, 1.82) is 0 Å². The normalized spacial score (nSPS) is 20.8. The molecule has 1 atom stereocenters. The molecule has 1 unspecified atom stereocenters. The van der Waals surface area contributed by atoms with Crippen molar-refractivity contribution in [2.24, 2.45) is 5.92 Å². The van der Waals surface area contributed by atoms with Crippen LogP contribution in [0.1, 0.15) is 58.1 Å². The molecule has 7 heteroatoms. The van der Waals surface area contributed by atoms with Crippen LogP contribution < -0.4 is 10.2 Å². The van der Waals surface area contributed by atoms with Crippen molar-refractivity contribution < 1.29 is 9.59 Å². The first-order valence-corrected chi connectivity index (χ1v) is 10.7. The lowest BCUT2D eigenvalue weighted by Crippen LogP contribution is -2.40. The number of nitrogens with one attached hydrogen (secondary N) is 1. The maximum absolute atomic E-state index is 11.9. The van der Waals surface area contributed by atoms with Crippen LogP contribution >= 0.6 is 11.3 Å². The summed E-state index contributed by atoms with van der Waals surface area (Å²) in [7, 11) is 0. The molecule has 1 N–H and O–H groups in total. The number of aromatic nitrogens is 1. The molecule has 0 spiro atoms. The number of hydrogen-bond donors (Lipinski definition) is 1. The van der Waals surface area contributed by atoms with Crippen molar-refractivity contribution >= 4 is 28.3 Å². The number of likely N-dealkylation sites (tertiary alicyclic amines) is 1. The molecule has 1 aromatic heterocycles. The molecular weight excluding hydrogens is 348 g/mol. The lowest BCUT2D eigenvalue weighted by atomic mass is 9.98. The molecular formula is C19H30N4O2S. The Bertz CT molecular complexity index is 629. The van der Waals surface area contributed by atoms with Gasteiger partial charge in [0.25, 0.3) is 0 Å². The quantitative estimate of drug-likeness (QED) is 0.755. The van der Waals surface area contributed by atoms with E-state index in [-0.39, 0.29) is 11.8 Å². The Labute approximate surface area is 160 Å². The smallest absolute Gasteiger partial charge is 0.225 e. The summed E-state index contributed by atoms with van der Waals surface area (Å²) in [5, 5.41) is 5.99. The number of carbonyl (C=O) groups excluding carboxylic acids is 2. The molecule has 1 saturated heterocycles. The van der Waals surface area contributed by atoms with E-state index in [0.717, 1.165) is 62.7 Å². The van der Waals surface area contributed by atoms with Gasteiger partial charge >= 0.3 is 0 Å². The van der Waals surface area contributed by atoms with Gasteiger partial charge in [0.1, 0.15) is 0 Å². The number of thiazole rings is 1. The summed E-state index contributed by atoms with van der Waals surface area (Å²) in [4.78, 5) is 32.6. The topological polar surface area (TPSA) is 65.5 Å². The van der Waals surface area contributed by atoms with Crippen molar-refractivity contribution in [2.45, 2.75) is 65.0 Å². The minimum absolute atomic E-state index is 0.0919. The van der Waals surface area contributed by atoms with Crippen molar-refractivity contribution in [3.8, 4) is 0 Å². The largest absolute Gasteiger partial charge is 0.356 e. The lowest BCUT2D eigenvalue weighted by Gasteiger charge is -2.32. The van der Waals surface area contributed by atoms with Gasteiger partial charge in [0.15, 0.2) is 5.13 Å². The lowest BCUT2D eigenvalue weighted by molar-refractivity contribution is -0.121. The molecule has 144 valence electrons. The minimum atomic E-state index is 0.0919. The van der Waals surface area contributed by atoms with E-state index in [9.17, 15) is 9.59 Å². The highest BCUT2D eigenvalue weighted by Gasteiger charge is 2.33. The fraction of sp³-hybridized carbons (Fsp3) is 0.737. The van der Waals surface area contributed by atoms with E-state index in [1.54, 1.807) is 18.3 Å². The van der Waals surface area contributed by atoms with Gasteiger partial charge in [-0.1, -0.05) is 6.92 Å². The van der Waals surface area contributed by atoms with Crippen molar-refractivity contribution in [3.05, 3.63) is 11.1 Å². The fourth-order valence-electron chi connectivity index (χ4n) is 3.62. The van der Waals surface area contributed by atoms with E-state index >= 15 is 0 Å². The monoisotopic (exact) mass is 378 g/mol. The van der Waals surface area contributed by atoms with Gasteiger partial charge in [-0.25, -0.2) is 4.98 Å². The van der Waals surface area contributed by atoms with Crippen molar-refractivity contribution in [2.75, 3.05) is 24.5 Å². The molecule has 1 aromatic rings. The summed E-state index contributed by atoms with van der Waals surface area (Å²) < 4.78 is 0. The molecule has 1 saturated carbocycles. The standard InChI is InChI=1S/C19H30N4O2S/c1-3-5-18(25)20-10-15-6-4-9-22(11-15)12-16-13-26-19(21-16)23(14(2)24)17-7-8-17/h13,15,17H,3-12H2,1-2H3,(H,20,25). The van der Waals surface area contributed by atoms with E-state index in [1.807, 2.05) is 11.8 Å². The van der Waals surface area contributed by atoms with Crippen LogP contribution in [-0.2, 0) is 16.1 Å². The van der Waals surface area contributed by atoms with Gasteiger partial charge in [-0.05, 0) is 44.6 Å². The van der Waals surface area contributed by atoms with Crippen LogP contribution in [0.5, 0.6) is 0 Å². The minimum Gasteiger partial charge on any atom is -0.356 e. The first-order chi connectivity index (χ1) is 12.6. The van der Waals surface area contributed by atoms with Gasteiger partial charge in [-0.2, -0.15) is 0 Å². The number of carbonyl (C=O) groups is 2. The first-order valence-electron chi connectivity index (χ1n) is 9.80. The molecule has 1 aliphatic carbocycles. The van der Waals surface area contributed by atoms with Gasteiger partial charge < -0.3 is 5.32 Å². The Morgan fingerprint density at radius 1 is 1.38 bits per heavy atom. The highest BCUT2D eigenvalue weighted by molar-refractivity contribution is 7.14. The van der Waals surface area contributed by atoms with Crippen LogP contribution in [-0.4, -0.2) is 47.4 Å². The van der Waals surface area contributed by atoms with Gasteiger partial charge in [0, 0.05) is 44.4 Å². The van der Waals surface area contributed by atoms with E-state index in [1.165, 1.54) is 6.42 Å². The number of piperidine rings is 1. The highest BCUT2D eigenvalue weighted by Crippen LogP contribution is 2.34. The number of anilines is 1. The molecule has 6 nitrogen and oxygen atoms in total. The Kier molecular flexibility index (Phi) is 6.64. The van der Waals surface area contributed by atoms with Crippen LogP contribution in [0, 0.1) is 5.92 Å². The molecule has 0 aromatic carbocycles. The van der Waals surface area contributed by atoms with Gasteiger partial charge in [-0.15, -0.1) is 11.3 Å². The van der Waals surface area contributed by atoms with Crippen LogP contribution in [0.25, 0.3) is 0 Å². The molecule has 2 heterocycles. The third-order valence-corrected chi connectivity index (χ3v) is 5.94. The summed E-state index contributed by atoms with van der Waals surface area (Å²) in [6.07, 6.45) is 6.02. The molecule has 3 rings (SSSR count). The first kappa shape index (κ1) is 19.3. The third kappa shape index (κ3) is 5.27. The fourth-order valence-corrected chi connectivity index (χ4v) is 4.55. The molecule has 2 aliphatic rings. The summed E-state index contributed by atoms with van der Waals surface area (Å²) in [5.74, 6) is 0.773. The number of amides is 2. The van der Waals surface area contributed by atoms with Crippen molar-refractivity contribution in [1.82, 2.24) is 15.2 Å². The molecule has 1 aliphatic heterocycles. The Balaban J connectivity index is 1.51. The third-order valence-electron chi connectivity index (χ3n) is 5.05. The zero-order valence-corrected chi connectivity index (χ0v) is 16.7. The summed E-state index contributed by atoms with van der Waals surface area (Å²) in [6, 6.07) is 0.359. The van der Waals surface area contributed by atoms with E-state index in [2.05, 4.69) is 15.6 Å². The average molecular weight is 379 g/mol. The predicted molar refractivity (Wildman–Crippen MR) is 104 cm³/mol. The van der Waals surface area contributed by atoms with E-state index in [0.29, 0.717) is 18.4 Å². The summed E-state index contributed by atoms with van der Waals surface area (Å²) in [5.41, 5.74) is 1.05. The molecule has 2 fully saturated rings. The predicted octanol–water partition coefficient (Wildman–Crippen LogP) is 2.79. The van der Waals surface area contributed by atoms with Crippen LogP contribution in [0.15, 0.2) is 5.38 Å². The number of nitrogens with zero attached hydrogens (tertiary/aromatic N) is 3. The molecule has 26 heavy (non-hydrogen) atoms. The SMILES string of the molecule is CCCC(=O)NCC1CCCN(Cc2csc(N(C(C)=O)C3CC3)n2)C1. The number of rotatable bonds is 8. The second kappa shape index (κ2) is 8.95. The summed E-state index contributed by atoms with van der Waals surface area (Å²) >= 11 is 1.57. The molecule has 0 radical (unpaired) electrons. The highest BCUT2D eigenvalue weighted by atomic mass is 32.1. The number of hydrogen-bond acceptors (Lipinski definition) is 5. The maximum atomic E-state index is 11.9. The Morgan fingerprint density at radius 3 is 2.88 bits per heavy atom. The van der Waals surface area contributed by atoms with Gasteiger partial charge in [0.05, 0.1) is 5.69 Å². The zero-order valence-electron chi connectivity index (χ0n) is 15.9. The maximum Gasteiger partial charge on any atom is 0.225 e. The van der Waals surface area contributed by atoms with Crippen LogP contribution in [0.4, 0.5) is 5.13 Å². The molecule has 0 bridgehead atoms. The van der Waals surface area contributed by atoms with Crippen LogP contribution in [0.2, 0.25) is 0 Å². The van der Waals surface area contributed by atoms with E-state index < -0.39 is 0 Å². The second-order valence-electron chi connectivity index (χ2n) is 7.54. The summed E-state index contributed by atoms with van der Waals surface area (Å²) in [6.45, 7) is 7.33. The Morgan fingerprint density at radius 2 is 2.19 bits per heavy atom. The van der Waals surface area contributed by atoms with Gasteiger partial charge in [0.2, 0.25) is 11.8 Å². The second-order valence-corrected chi connectivity index (χ2v) is 8.38. The zero-order chi connectivity index (χ0) is 18.5. The van der Waals surface area contributed by atoms with Crippen molar-refractivity contribution in [3.63, 3.8) is 0 Å². The Hall–Kier alpha value is -1.47.